The van der Waals surface area contributed by atoms with Gasteiger partial charge < -0.3 is 14.4 Å². The van der Waals surface area contributed by atoms with E-state index in [1.54, 1.807) is 0 Å². The second-order valence-electron chi connectivity index (χ2n) is 6.61. The van der Waals surface area contributed by atoms with Crippen LogP contribution >= 0.6 is 0 Å². The van der Waals surface area contributed by atoms with Crippen LogP contribution in [0.15, 0.2) is 48.5 Å². The normalized spacial score (nSPS) is 23.2. The molecule has 1 fully saturated rings. The highest BCUT2D eigenvalue weighted by Gasteiger charge is 2.37. The number of benzene rings is 2. The van der Waals surface area contributed by atoms with Gasteiger partial charge in [0.1, 0.15) is 11.5 Å². The standard InChI is InChI=1S/C20H21NO3/c1-13-11-21(12-14(2)23-13)20(22)19-15-7-3-5-9-17(15)24-18-10-6-4-8-16(18)19/h3-10,13-14,19H,11-12H2,1-2H3/t13-,14+. The van der Waals surface area contributed by atoms with E-state index in [0.717, 1.165) is 22.6 Å². The summed E-state index contributed by atoms with van der Waals surface area (Å²) in [5, 5.41) is 0. The van der Waals surface area contributed by atoms with Gasteiger partial charge in [-0.2, -0.15) is 0 Å². The molecule has 0 bridgehead atoms. The highest BCUT2D eigenvalue weighted by atomic mass is 16.5. The summed E-state index contributed by atoms with van der Waals surface area (Å²) in [6, 6.07) is 15.6. The number of rotatable bonds is 1. The van der Waals surface area contributed by atoms with Crippen LogP contribution in [0.1, 0.15) is 30.9 Å². The molecule has 1 saturated heterocycles. The molecule has 2 atom stereocenters. The second-order valence-corrected chi connectivity index (χ2v) is 6.61. The van der Waals surface area contributed by atoms with E-state index in [9.17, 15) is 4.79 Å². The van der Waals surface area contributed by atoms with Crippen LogP contribution in [0.5, 0.6) is 11.5 Å². The molecule has 0 radical (unpaired) electrons. The fourth-order valence-electron chi connectivity index (χ4n) is 3.72. The van der Waals surface area contributed by atoms with E-state index in [2.05, 4.69) is 0 Å². The predicted molar refractivity (Wildman–Crippen MR) is 91.4 cm³/mol. The Bertz CT molecular complexity index is 717. The van der Waals surface area contributed by atoms with Crippen molar-refractivity contribution < 1.29 is 14.3 Å². The lowest BCUT2D eigenvalue weighted by Gasteiger charge is -2.38. The van der Waals surface area contributed by atoms with Gasteiger partial charge in [-0.3, -0.25) is 4.79 Å². The molecule has 4 heteroatoms. The summed E-state index contributed by atoms with van der Waals surface area (Å²) in [5.41, 5.74) is 1.88. The third-order valence-electron chi connectivity index (χ3n) is 4.66. The Labute approximate surface area is 142 Å². The van der Waals surface area contributed by atoms with Gasteiger partial charge in [0.05, 0.1) is 18.1 Å². The number of nitrogens with zero attached hydrogens (tertiary/aromatic N) is 1. The van der Waals surface area contributed by atoms with Crippen molar-refractivity contribution >= 4 is 5.91 Å². The Morgan fingerprint density at radius 1 is 0.917 bits per heavy atom. The van der Waals surface area contributed by atoms with Crippen LogP contribution in [0, 0.1) is 0 Å². The Balaban J connectivity index is 1.75. The van der Waals surface area contributed by atoms with Gasteiger partial charge in [0.25, 0.3) is 0 Å². The quantitative estimate of drug-likeness (QED) is 0.805. The Hall–Kier alpha value is -2.33. The molecule has 2 aliphatic heterocycles. The fraction of sp³-hybridized carbons (Fsp3) is 0.350. The summed E-state index contributed by atoms with van der Waals surface area (Å²) in [7, 11) is 0. The maximum Gasteiger partial charge on any atom is 0.235 e. The second kappa shape index (κ2) is 5.95. The van der Waals surface area contributed by atoms with Crippen molar-refractivity contribution in [1.29, 1.82) is 0 Å². The number of morpholine rings is 1. The first-order valence-corrected chi connectivity index (χ1v) is 8.43. The van der Waals surface area contributed by atoms with Gasteiger partial charge in [0.2, 0.25) is 5.91 Å². The number of amides is 1. The molecule has 2 aliphatic rings. The van der Waals surface area contributed by atoms with E-state index >= 15 is 0 Å². The van der Waals surface area contributed by atoms with Gasteiger partial charge in [-0.05, 0) is 26.0 Å². The molecule has 0 aliphatic carbocycles. The molecule has 0 N–H and O–H groups in total. The van der Waals surface area contributed by atoms with Crippen LogP contribution < -0.4 is 4.74 Å². The third kappa shape index (κ3) is 2.57. The molecule has 4 rings (SSSR count). The van der Waals surface area contributed by atoms with Gasteiger partial charge in [0.15, 0.2) is 0 Å². The van der Waals surface area contributed by atoms with Crippen molar-refractivity contribution in [2.45, 2.75) is 32.0 Å². The van der Waals surface area contributed by atoms with Crippen LogP contribution in [-0.4, -0.2) is 36.1 Å². The van der Waals surface area contributed by atoms with Crippen molar-refractivity contribution in [1.82, 2.24) is 4.90 Å². The zero-order chi connectivity index (χ0) is 16.7. The maximum absolute atomic E-state index is 13.4. The van der Waals surface area contributed by atoms with Crippen molar-refractivity contribution in [3.05, 3.63) is 59.7 Å². The number of carbonyl (C=O) groups excluding carboxylic acids is 1. The predicted octanol–water partition coefficient (Wildman–Crippen LogP) is 3.56. The van der Waals surface area contributed by atoms with Crippen LogP contribution in [-0.2, 0) is 9.53 Å². The molecule has 2 heterocycles. The van der Waals surface area contributed by atoms with Crippen LogP contribution in [0.25, 0.3) is 0 Å². The molecule has 4 nitrogen and oxygen atoms in total. The fourth-order valence-corrected chi connectivity index (χ4v) is 3.72. The lowest BCUT2D eigenvalue weighted by atomic mass is 9.86. The van der Waals surface area contributed by atoms with Gasteiger partial charge in [-0.1, -0.05) is 36.4 Å². The highest BCUT2D eigenvalue weighted by Crippen LogP contribution is 2.44. The minimum atomic E-state index is -0.316. The van der Waals surface area contributed by atoms with Gasteiger partial charge in [0, 0.05) is 24.2 Å². The van der Waals surface area contributed by atoms with Crippen LogP contribution in [0.4, 0.5) is 0 Å². The topological polar surface area (TPSA) is 38.8 Å². The zero-order valence-corrected chi connectivity index (χ0v) is 13.9. The van der Waals surface area contributed by atoms with Crippen LogP contribution in [0.3, 0.4) is 0 Å². The van der Waals surface area contributed by atoms with E-state index in [0.29, 0.717) is 13.1 Å². The third-order valence-corrected chi connectivity index (χ3v) is 4.66. The van der Waals surface area contributed by atoms with Crippen molar-refractivity contribution in [3.63, 3.8) is 0 Å². The Morgan fingerprint density at radius 2 is 1.42 bits per heavy atom. The minimum absolute atomic E-state index is 0.0584. The average molecular weight is 323 g/mol. The lowest BCUT2D eigenvalue weighted by molar-refractivity contribution is -0.144. The van der Waals surface area contributed by atoms with Gasteiger partial charge in [-0.15, -0.1) is 0 Å². The van der Waals surface area contributed by atoms with Crippen molar-refractivity contribution in [2.75, 3.05) is 13.1 Å². The Morgan fingerprint density at radius 3 is 1.96 bits per heavy atom. The van der Waals surface area contributed by atoms with Gasteiger partial charge in [-0.25, -0.2) is 0 Å². The first kappa shape index (κ1) is 15.2. The molecular formula is C20H21NO3. The lowest BCUT2D eigenvalue weighted by Crippen LogP contribution is -2.50. The number of ether oxygens (including phenoxy) is 2. The average Bonchev–Trinajstić information content (AvgIpc) is 2.58. The maximum atomic E-state index is 13.4. The first-order chi connectivity index (χ1) is 11.6. The molecule has 2 aromatic rings. The van der Waals surface area contributed by atoms with Crippen LogP contribution in [0.2, 0.25) is 0 Å². The smallest absolute Gasteiger partial charge is 0.235 e. The SMILES string of the molecule is C[C@@H]1CN(C(=O)C2c3ccccc3Oc3ccccc32)C[C@H](C)O1. The summed E-state index contributed by atoms with van der Waals surface area (Å²) in [4.78, 5) is 15.3. The molecule has 1 amide bonds. The summed E-state index contributed by atoms with van der Waals surface area (Å²) in [6.07, 6.45) is 0.117. The summed E-state index contributed by atoms with van der Waals surface area (Å²) >= 11 is 0. The molecule has 0 spiro atoms. The zero-order valence-electron chi connectivity index (χ0n) is 13.9. The van der Waals surface area contributed by atoms with E-state index in [1.807, 2.05) is 67.3 Å². The van der Waals surface area contributed by atoms with E-state index in [-0.39, 0.29) is 24.0 Å². The Kier molecular flexibility index (Phi) is 3.77. The molecule has 2 aromatic carbocycles. The minimum Gasteiger partial charge on any atom is -0.457 e. The van der Waals surface area contributed by atoms with Gasteiger partial charge >= 0.3 is 0 Å². The largest absolute Gasteiger partial charge is 0.457 e. The van der Waals surface area contributed by atoms with Crippen molar-refractivity contribution in [3.8, 4) is 11.5 Å². The first-order valence-electron chi connectivity index (χ1n) is 8.43. The molecule has 24 heavy (non-hydrogen) atoms. The van der Waals surface area contributed by atoms with E-state index in [4.69, 9.17) is 9.47 Å². The van der Waals surface area contributed by atoms with E-state index < -0.39 is 0 Å². The number of hydrogen-bond acceptors (Lipinski definition) is 3. The highest BCUT2D eigenvalue weighted by molar-refractivity contribution is 5.89. The molecule has 0 unspecified atom stereocenters. The van der Waals surface area contributed by atoms with Crippen molar-refractivity contribution in [2.24, 2.45) is 0 Å². The summed E-state index contributed by atoms with van der Waals surface area (Å²) in [6.45, 7) is 5.29. The summed E-state index contributed by atoms with van der Waals surface area (Å²) in [5.74, 6) is 1.34. The molecule has 0 aromatic heterocycles. The summed E-state index contributed by atoms with van der Waals surface area (Å²) < 4.78 is 11.8. The molecule has 124 valence electrons. The number of carbonyl (C=O) groups is 1. The number of fused-ring (bicyclic) bond motifs is 2. The molecule has 0 saturated carbocycles. The van der Waals surface area contributed by atoms with E-state index in [1.165, 1.54) is 0 Å². The number of hydrogen-bond donors (Lipinski definition) is 0. The molecular weight excluding hydrogens is 302 g/mol. The monoisotopic (exact) mass is 323 g/mol. The number of para-hydroxylation sites is 2.